The van der Waals surface area contributed by atoms with E-state index >= 15 is 0 Å². The van der Waals surface area contributed by atoms with E-state index in [0.29, 0.717) is 6.42 Å². The first-order chi connectivity index (χ1) is 5.29. The highest BCUT2D eigenvalue weighted by Crippen LogP contribution is 2.48. The summed E-state index contributed by atoms with van der Waals surface area (Å²) in [5, 5.41) is 0. The van der Waals surface area contributed by atoms with Crippen molar-refractivity contribution in [1.82, 2.24) is 0 Å². The molecule has 1 heterocycles. The van der Waals surface area contributed by atoms with E-state index in [-0.39, 0.29) is 11.4 Å². The summed E-state index contributed by atoms with van der Waals surface area (Å²) in [6.07, 6.45) is 0.454. The summed E-state index contributed by atoms with van der Waals surface area (Å²) in [5.74, 6) is -0.120. The average molecular weight is 168 g/mol. The second-order valence-corrected chi connectivity index (χ2v) is 4.27. The highest BCUT2D eigenvalue weighted by atomic mass is 16.6. The Morgan fingerprint density at radius 3 is 2.17 bits per heavy atom. The monoisotopic (exact) mass is 168 g/mol. The van der Waals surface area contributed by atoms with Crippen LogP contribution in [0.2, 0.25) is 0 Å². The molecule has 1 atom stereocenters. The van der Waals surface area contributed by atoms with E-state index in [2.05, 4.69) is 6.58 Å². The van der Waals surface area contributed by atoms with E-state index in [1.54, 1.807) is 0 Å². The van der Waals surface area contributed by atoms with E-state index in [4.69, 9.17) is 4.74 Å². The van der Waals surface area contributed by atoms with Gasteiger partial charge in [-0.15, -0.1) is 0 Å². The molecule has 0 aliphatic carbocycles. The molecule has 2 nitrogen and oxygen atoms in total. The lowest BCUT2D eigenvalue weighted by atomic mass is 9.70. The van der Waals surface area contributed by atoms with Crippen molar-refractivity contribution in [2.45, 2.75) is 39.7 Å². The number of esters is 1. The van der Waals surface area contributed by atoms with Crippen molar-refractivity contribution in [3.05, 3.63) is 12.2 Å². The molecule has 1 aliphatic heterocycles. The molecule has 2 heteroatoms. The molecule has 1 unspecified atom stereocenters. The van der Waals surface area contributed by atoms with Crippen LogP contribution in [-0.2, 0) is 9.53 Å². The first-order valence-corrected chi connectivity index (χ1v) is 4.17. The van der Waals surface area contributed by atoms with Crippen LogP contribution in [-0.4, -0.2) is 11.6 Å². The van der Waals surface area contributed by atoms with Crippen molar-refractivity contribution in [2.24, 2.45) is 5.41 Å². The standard InChI is InChI=1S/C10H16O2/c1-7(2)10(5)6-8(11)12-9(10,3)4/h1,6H2,2-5H3. The normalized spacial score (nSPS) is 33.2. The van der Waals surface area contributed by atoms with Crippen molar-refractivity contribution in [1.29, 1.82) is 0 Å². The molecule has 1 saturated heterocycles. The Bertz CT molecular complexity index is 240. The van der Waals surface area contributed by atoms with Crippen molar-refractivity contribution in [2.75, 3.05) is 0 Å². The van der Waals surface area contributed by atoms with Crippen molar-refractivity contribution < 1.29 is 9.53 Å². The molecule has 68 valence electrons. The molecule has 1 fully saturated rings. The Kier molecular flexibility index (Phi) is 1.82. The average Bonchev–Trinajstić information content (AvgIpc) is 2.02. The Morgan fingerprint density at radius 1 is 1.50 bits per heavy atom. The van der Waals surface area contributed by atoms with Gasteiger partial charge in [0.1, 0.15) is 5.60 Å². The van der Waals surface area contributed by atoms with Gasteiger partial charge in [0.05, 0.1) is 6.42 Å². The van der Waals surface area contributed by atoms with Crippen molar-refractivity contribution in [3.8, 4) is 0 Å². The van der Waals surface area contributed by atoms with Gasteiger partial charge in [-0.25, -0.2) is 0 Å². The van der Waals surface area contributed by atoms with Crippen LogP contribution in [0.25, 0.3) is 0 Å². The van der Waals surface area contributed by atoms with Crippen molar-refractivity contribution in [3.63, 3.8) is 0 Å². The molecular weight excluding hydrogens is 152 g/mol. The van der Waals surface area contributed by atoms with E-state index in [1.807, 2.05) is 27.7 Å². The molecule has 0 radical (unpaired) electrons. The number of carbonyl (C=O) groups is 1. The lowest BCUT2D eigenvalue weighted by Gasteiger charge is -2.35. The van der Waals surface area contributed by atoms with Gasteiger partial charge in [0.25, 0.3) is 0 Å². The molecule has 0 saturated carbocycles. The van der Waals surface area contributed by atoms with Crippen LogP contribution in [0, 0.1) is 5.41 Å². The second-order valence-electron chi connectivity index (χ2n) is 4.27. The maximum atomic E-state index is 11.1. The van der Waals surface area contributed by atoms with Gasteiger partial charge >= 0.3 is 5.97 Å². The smallest absolute Gasteiger partial charge is 0.307 e. The zero-order chi connectivity index (χ0) is 9.57. The lowest BCUT2D eigenvalue weighted by molar-refractivity contribution is -0.147. The minimum atomic E-state index is -0.407. The fourth-order valence-corrected chi connectivity index (χ4v) is 1.60. The van der Waals surface area contributed by atoms with Crippen LogP contribution < -0.4 is 0 Å². The lowest BCUT2D eigenvalue weighted by Crippen LogP contribution is -2.37. The number of hydrogen-bond acceptors (Lipinski definition) is 2. The van der Waals surface area contributed by atoms with Crippen LogP contribution in [0.5, 0.6) is 0 Å². The van der Waals surface area contributed by atoms with Gasteiger partial charge in [-0.2, -0.15) is 0 Å². The van der Waals surface area contributed by atoms with Crippen LogP contribution in [0.15, 0.2) is 12.2 Å². The maximum Gasteiger partial charge on any atom is 0.307 e. The van der Waals surface area contributed by atoms with E-state index in [9.17, 15) is 4.79 Å². The first kappa shape index (κ1) is 9.30. The summed E-state index contributed by atoms with van der Waals surface area (Å²) >= 11 is 0. The van der Waals surface area contributed by atoms with E-state index < -0.39 is 5.60 Å². The predicted molar refractivity (Wildman–Crippen MR) is 47.7 cm³/mol. The number of ether oxygens (including phenoxy) is 1. The Balaban J connectivity index is 3.05. The van der Waals surface area contributed by atoms with Crippen LogP contribution in [0.3, 0.4) is 0 Å². The van der Waals surface area contributed by atoms with Gasteiger partial charge in [0.2, 0.25) is 0 Å². The predicted octanol–water partition coefficient (Wildman–Crippen LogP) is 2.29. The van der Waals surface area contributed by atoms with E-state index in [0.717, 1.165) is 5.57 Å². The van der Waals surface area contributed by atoms with Crippen LogP contribution in [0.4, 0.5) is 0 Å². The third kappa shape index (κ3) is 1.06. The molecule has 0 amide bonds. The van der Waals surface area contributed by atoms with Gasteiger partial charge in [0.15, 0.2) is 0 Å². The van der Waals surface area contributed by atoms with E-state index in [1.165, 1.54) is 0 Å². The number of cyclic esters (lactones) is 1. The summed E-state index contributed by atoms with van der Waals surface area (Å²) < 4.78 is 5.23. The number of hydrogen-bond donors (Lipinski definition) is 0. The Labute approximate surface area is 73.6 Å². The van der Waals surface area contributed by atoms with Gasteiger partial charge in [0, 0.05) is 5.41 Å². The Morgan fingerprint density at radius 2 is 2.00 bits per heavy atom. The molecule has 0 aromatic carbocycles. The fraction of sp³-hybridized carbons (Fsp3) is 0.700. The molecule has 0 aromatic rings. The first-order valence-electron chi connectivity index (χ1n) is 4.17. The summed E-state index contributed by atoms with van der Waals surface area (Å²) in [7, 11) is 0. The minimum Gasteiger partial charge on any atom is -0.459 e. The SMILES string of the molecule is C=C(C)C1(C)CC(=O)OC1(C)C. The molecule has 0 aromatic heterocycles. The van der Waals surface area contributed by atoms with Gasteiger partial charge < -0.3 is 4.74 Å². The third-order valence-electron chi connectivity index (χ3n) is 3.14. The third-order valence-corrected chi connectivity index (χ3v) is 3.14. The molecule has 1 rings (SSSR count). The van der Waals surface area contributed by atoms with Crippen LogP contribution in [0.1, 0.15) is 34.1 Å². The molecule has 0 N–H and O–H groups in total. The maximum absolute atomic E-state index is 11.1. The summed E-state index contributed by atoms with van der Waals surface area (Å²) in [6.45, 7) is 11.8. The quantitative estimate of drug-likeness (QED) is 0.443. The summed E-state index contributed by atoms with van der Waals surface area (Å²) in [6, 6.07) is 0. The highest BCUT2D eigenvalue weighted by molar-refractivity contribution is 5.74. The molecule has 12 heavy (non-hydrogen) atoms. The Hall–Kier alpha value is -0.790. The number of rotatable bonds is 1. The van der Waals surface area contributed by atoms with Crippen LogP contribution >= 0.6 is 0 Å². The molecule has 0 spiro atoms. The molecular formula is C10H16O2. The summed E-state index contributed by atoms with van der Waals surface area (Å²) in [5.41, 5.74) is 0.401. The fourth-order valence-electron chi connectivity index (χ4n) is 1.60. The zero-order valence-electron chi connectivity index (χ0n) is 8.23. The molecule has 1 aliphatic rings. The minimum absolute atomic E-state index is 0.120. The molecule has 0 bridgehead atoms. The largest absolute Gasteiger partial charge is 0.459 e. The van der Waals surface area contributed by atoms with Crippen molar-refractivity contribution >= 4 is 5.97 Å². The van der Waals surface area contributed by atoms with Gasteiger partial charge in [-0.1, -0.05) is 19.1 Å². The van der Waals surface area contributed by atoms with Gasteiger partial charge in [-0.3, -0.25) is 4.79 Å². The number of carbonyl (C=O) groups excluding carboxylic acids is 1. The summed E-state index contributed by atoms with van der Waals surface area (Å²) in [4.78, 5) is 11.1. The van der Waals surface area contributed by atoms with Gasteiger partial charge in [-0.05, 0) is 20.8 Å². The topological polar surface area (TPSA) is 26.3 Å². The highest BCUT2D eigenvalue weighted by Gasteiger charge is 2.51. The second kappa shape index (κ2) is 2.35. The zero-order valence-corrected chi connectivity index (χ0v) is 8.23.